The van der Waals surface area contributed by atoms with Crippen LogP contribution in [0.5, 0.6) is 0 Å². The summed E-state index contributed by atoms with van der Waals surface area (Å²) in [7, 11) is 0. The van der Waals surface area contributed by atoms with Crippen molar-refractivity contribution in [2.75, 3.05) is 13.1 Å². The first-order valence-electron chi connectivity index (χ1n) is 2.99. The monoisotopic (exact) mass is 124 g/mol. The molecule has 1 aliphatic rings. The molecule has 0 amide bonds. The highest BCUT2D eigenvalue weighted by Gasteiger charge is 2.13. The topological polar surface area (TPSA) is 44.1 Å². The Balaban J connectivity index is 2.43. The summed E-state index contributed by atoms with van der Waals surface area (Å²) >= 11 is 0. The molecule has 1 aliphatic heterocycles. The molecule has 1 fully saturated rings. The molecule has 3 nitrogen and oxygen atoms in total. The zero-order valence-electron chi connectivity index (χ0n) is 5.13. The third-order valence-corrected chi connectivity index (χ3v) is 1.39. The van der Waals surface area contributed by atoms with Crippen molar-refractivity contribution in [1.82, 2.24) is 4.90 Å². The molecule has 0 bridgehead atoms. The fraction of sp³-hybridized carbons (Fsp3) is 0.667. The summed E-state index contributed by atoms with van der Waals surface area (Å²) in [5.74, 6) is 0.183. The molecule has 0 aliphatic carbocycles. The van der Waals surface area contributed by atoms with Crippen LogP contribution in [0.2, 0.25) is 0 Å². The molecular formula is C6H8N2O. The van der Waals surface area contributed by atoms with Crippen LogP contribution in [0.4, 0.5) is 0 Å². The lowest BCUT2D eigenvalue weighted by Gasteiger charge is -2.18. The quantitative estimate of drug-likeness (QED) is 0.431. The highest BCUT2D eigenvalue weighted by Crippen LogP contribution is 2.02. The lowest BCUT2D eigenvalue weighted by Crippen LogP contribution is -2.31. The summed E-state index contributed by atoms with van der Waals surface area (Å²) in [6, 6.07) is 0. The van der Waals surface area contributed by atoms with E-state index in [2.05, 4.69) is 0 Å². The van der Waals surface area contributed by atoms with Gasteiger partial charge in [-0.05, 0) is 6.42 Å². The minimum absolute atomic E-state index is 0.183. The molecule has 0 atom stereocenters. The predicted octanol–water partition coefficient (Wildman–Crippen LogP) is 0.132. The lowest BCUT2D eigenvalue weighted by atomic mass is 10.1. The summed E-state index contributed by atoms with van der Waals surface area (Å²) in [5, 5.41) is 8.33. The summed E-state index contributed by atoms with van der Waals surface area (Å²) < 4.78 is 0. The van der Waals surface area contributed by atoms with Crippen molar-refractivity contribution in [2.45, 2.75) is 12.8 Å². The number of nitrogens with zero attached hydrogens (tertiary/aromatic N) is 2. The van der Waals surface area contributed by atoms with E-state index in [0.717, 1.165) is 13.0 Å². The molecule has 3 heteroatoms. The Kier molecular flexibility index (Phi) is 1.69. The van der Waals surface area contributed by atoms with Crippen molar-refractivity contribution in [3.05, 3.63) is 0 Å². The van der Waals surface area contributed by atoms with Gasteiger partial charge in [0.1, 0.15) is 0 Å². The molecule has 0 aromatic carbocycles. The molecule has 1 saturated heterocycles. The van der Waals surface area contributed by atoms with Crippen LogP contribution in [0.3, 0.4) is 0 Å². The minimum Gasteiger partial charge on any atom is -0.303 e. The van der Waals surface area contributed by atoms with Crippen molar-refractivity contribution >= 4 is 5.78 Å². The highest BCUT2D eigenvalue weighted by atomic mass is 16.1. The van der Waals surface area contributed by atoms with Gasteiger partial charge in [0.05, 0.1) is 6.54 Å². The van der Waals surface area contributed by atoms with Gasteiger partial charge in [-0.2, -0.15) is 5.26 Å². The first kappa shape index (κ1) is 6.09. The molecular weight excluding hydrogens is 116 g/mol. The number of Topliss-reactive ketones (excluding diaryl/α,β-unsaturated/α-hetero) is 1. The second-order valence-electron chi connectivity index (χ2n) is 2.16. The van der Waals surface area contributed by atoms with E-state index < -0.39 is 0 Å². The van der Waals surface area contributed by atoms with Gasteiger partial charge in [0.2, 0.25) is 0 Å². The Morgan fingerprint density at radius 3 is 2.89 bits per heavy atom. The number of carbonyl (C=O) groups excluding carboxylic acids is 1. The van der Waals surface area contributed by atoms with E-state index in [-0.39, 0.29) is 5.78 Å². The Bertz CT molecular complexity index is 159. The molecule has 0 aromatic rings. The van der Waals surface area contributed by atoms with Crippen LogP contribution in [-0.4, -0.2) is 23.8 Å². The third kappa shape index (κ3) is 1.43. The number of hydrogen-bond acceptors (Lipinski definition) is 3. The van der Waals surface area contributed by atoms with Crippen molar-refractivity contribution < 1.29 is 4.79 Å². The molecule has 0 unspecified atom stereocenters. The Hall–Kier alpha value is -1.04. The number of nitriles is 1. The highest BCUT2D eigenvalue weighted by molar-refractivity contribution is 5.81. The molecule has 1 rings (SSSR count). The van der Waals surface area contributed by atoms with Gasteiger partial charge in [0.15, 0.2) is 12.0 Å². The number of piperidine rings is 1. The SMILES string of the molecule is N#CN1CCCC(=O)C1. The largest absolute Gasteiger partial charge is 0.303 e. The summed E-state index contributed by atoms with van der Waals surface area (Å²) in [4.78, 5) is 12.1. The average molecular weight is 124 g/mol. The number of hydrogen-bond donors (Lipinski definition) is 0. The van der Waals surface area contributed by atoms with Gasteiger partial charge in [0.25, 0.3) is 0 Å². The van der Waals surface area contributed by atoms with Crippen molar-refractivity contribution in [3.8, 4) is 6.19 Å². The van der Waals surface area contributed by atoms with E-state index in [0.29, 0.717) is 13.0 Å². The zero-order chi connectivity index (χ0) is 6.69. The average Bonchev–Trinajstić information content (AvgIpc) is 1.88. The molecule has 1 heterocycles. The van der Waals surface area contributed by atoms with Crippen LogP contribution < -0.4 is 0 Å². The van der Waals surface area contributed by atoms with E-state index in [4.69, 9.17) is 5.26 Å². The first-order valence-corrected chi connectivity index (χ1v) is 2.99. The Labute approximate surface area is 53.9 Å². The van der Waals surface area contributed by atoms with Gasteiger partial charge in [-0.3, -0.25) is 4.79 Å². The van der Waals surface area contributed by atoms with E-state index in [1.54, 1.807) is 0 Å². The number of carbonyl (C=O) groups is 1. The molecule has 0 aromatic heterocycles. The summed E-state index contributed by atoms with van der Waals surface area (Å²) in [5.41, 5.74) is 0. The first-order chi connectivity index (χ1) is 4.33. The van der Waals surface area contributed by atoms with Crippen LogP contribution in [0.1, 0.15) is 12.8 Å². The molecule has 0 N–H and O–H groups in total. The van der Waals surface area contributed by atoms with Crippen molar-refractivity contribution in [1.29, 1.82) is 5.26 Å². The minimum atomic E-state index is 0.183. The fourth-order valence-electron chi connectivity index (χ4n) is 0.923. The van der Waals surface area contributed by atoms with Crippen LogP contribution >= 0.6 is 0 Å². The summed E-state index contributed by atoms with van der Waals surface area (Å²) in [6.45, 7) is 1.08. The second-order valence-corrected chi connectivity index (χ2v) is 2.16. The van der Waals surface area contributed by atoms with Gasteiger partial charge < -0.3 is 4.90 Å². The van der Waals surface area contributed by atoms with Crippen LogP contribution in [0.15, 0.2) is 0 Å². The molecule has 0 spiro atoms. The number of rotatable bonds is 0. The van der Waals surface area contributed by atoms with Crippen LogP contribution in [-0.2, 0) is 4.79 Å². The molecule has 0 radical (unpaired) electrons. The maximum atomic E-state index is 10.6. The van der Waals surface area contributed by atoms with E-state index in [1.165, 1.54) is 4.90 Å². The number of ketones is 1. The Morgan fingerprint density at radius 1 is 1.67 bits per heavy atom. The maximum absolute atomic E-state index is 10.6. The fourth-order valence-corrected chi connectivity index (χ4v) is 0.923. The van der Waals surface area contributed by atoms with Crippen LogP contribution in [0, 0.1) is 11.5 Å². The zero-order valence-corrected chi connectivity index (χ0v) is 5.13. The van der Waals surface area contributed by atoms with Gasteiger partial charge in [-0.1, -0.05) is 0 Å². The molecule has 0 saturated carbocycles. The van der Waals surface area contributed by atoms with Gasteiger partial charge in [-0.25, -0.2) is 0 Å². The third-order valence-electron chi connectivity index (χ3n) is 1.39. The van der Waals surface area contributed by atoms with Crippen molar-refractivity contribution in [2.24, 2.45) is 0 Å². The summed E-state index contributed by atoms with van der Waals surface area (Å²) in [6.07, 6.45) is 3.44. The van der Waals surface area contributed by atoms with E-state index >= 15 is 0 Å². The lowest BCUT2D eigenvalue weighted by molar-refractivity contribution is -0.121. The smallest absolute Gasteiger partial charge is 0.179 e. The maximum Gasteiger partial charge on any atom is 0.179 e. The van der Waals surface area contributed by atoms with Gasteiger partial charge in [-0.15, -0.1) is 0 Å². The van der Waals surface area contributed by atoms with Crippen LogP contribution in [0.25, 0.3) is 0 Å². The molecule has 9 heavy (non-hydrogen) atoms. The van der Waals surface area contributed by atoms with E-state index in [9.17, 15) is 4.79 Å². The predicted molar refractivity (Wildman–Crippen MR) is 31.4 cm³/mol. The Morgan fingerprint density at radius 2 is 2.44 bits per heavy atom. The normalized spacial score (nSPS) is 19.4. The van der Waals surface area contributed by atoms with Crippen molar-refractivity contribution in [3.63, 3.8) is 0 Å². The number of likely N-dealkylation sites (tertiary alicyclic amines) is 1. The van der Waals surface area contributed by atoms with E-state index in [1.807, 2.05) is 6.19 Å². The standard InChI is InChI=1S/C6H8N2O/c7-5-8-3-1-2-6(9)4-8/h1-4H2. The second kappa shape index (κ2) is 2.49. The molecule has 48 valence electrons. The van der Waals surface area contributed by atoms with Gasteiger partial charge >= 0.3 is 0 Å². The van der Waals surface area contributed by atoms with Gasteiger partial charge in [0, 0.05) is 13.0 Å².